The van der Waals surface area contributed by atoms with Gasteiger partial charge in [-0.1, -0.05) is 32.9 Å². The molecule has 0 spiro atoms. The molecular formula is C15H22O4. The lowest BCUT2D eigenvalue weighted by Crippen LogP contribution is -2.58. The molecule has 19 heavy (non-hydrogen) atoms. The fourth-order valence-electron chi connectivity index (χ4n) is 4.33. The van der Waals surface area contributed by atoms with E-state index < -0.39 is 23.2 Å². The van der Waals surface area contributed by atoms with Crippen molar-refractivity contribution in [1.29, 1.82) is 0 Å². The molecule has 106 valence electrons. The van der Waals surface area contributed by atoms with Gasteiger partial charge in [-0.05, 0) is 18.8 Å². The molecule has 1 saturated carbocycles. The van der Waals surface area contributed by atoms with Gasteiger partial charge in [-0.2, -0.15) is 0 Å². The fourth-order valence-corrected chi connectivity index (χ4v) is 4.33. The zero-order chi connectivity index (χ0) is 14.0. The number of fused-ring (bicyclic) bond motifs is 3. The van der Waals surface area contributed by atoms with E-state index in [4.69, 9.17) is 4.74 Å². The van der Waals surface area contributed by atoms with Crippen LogP contribution >= 0.6 is 0 Å². The summed E-state index contributed by atoms with van der Waals surface area (Å²) in [6, 6.07) is 0. The van der Waals surface area contributed by atoms with Gasteiger partial charge in [-0.25, -0.2) is 0 Å². The average Bonchev–Trinajstić information content (AvgIpc) is 2.76. The van der Waals surface area contributed by atoms with Crippen LogP contribution in [-0.4, -0.2) is 34.0 Å². The Morgan fingerprint density at radius 3 is 2.74 bits per heavy atom. The molecule has 4 nitrogen and oxygen atoms in total. The van der Waals surface area contributed by atoms with Crippen molar-refractivity contribution in [2.75, 3.05) is 0 Å². The third-order valence-corrected chi connectivity index (χ3v) is 5.93. The Morgan fingerprint density at radius 2 is 2.05 bits per heavy atom. The molecule has 2 aliphatic carbocycles. The Labute approximate surface area is 113 Å². The van der Waals surface area contributed by atoms with Crippen molar-refractivity contribution in [2.24, 2.45) is 23.2 Å². The molecule has 3 aliphatic rings. The largest absolute Gasteiger partial charge is 0.461 e. The van der Waals surface area contributed by atoms with Crippen molar-refractivity contribution in [2.45, 2.75) is 51.4 Å². The number of esters is 1. The van der Waals surface area contributed by atoms with Crippen molar-refractivity contribution in [3.63, 3.8) is 0 Å². The molecule has 0 radical (unpaired) electrons. The number of aliphatic hydroxyl groups is 2. The lowest BCUT2D eigenvalue weighted by Gasteiger charge is -2.46. The lowest BCUT2D eigenvalue weighted by molar-refractivity contribution is -0.175. The highest BCUT2D eigenvalue weighted by Crippen LogP contribution is 2.57. The summed E-state index contributed by atoms with van der Waals surface area (Å²) in [6.07, 6.45) is 3.87. The molecule has 0 amide bonds. The summed E-state index contributed by atoms with van der Waals surface area (Å²) < 4.78 is 5.56. The maximum absolute atomic E-state index is 11.9. The Balaban J connectivity index is 2.10. The minimum absolute atomic E-state index is 0.0439. The summed E-state index contributed by atoms with van der Waals surface area (Å²) in [5.41, 5.74) is -1.94. The second kappa shape index (κ2) is 3.83. The van der Waals surface area contributed by atoms with E-state index in [2.05, 4.69) is 0 Å². The highest BCUT2D eigenvalue weighted by atomic mass is 16.6. The van der Waals surface area contributed by atoms with Gasteiger partial charge >= 0.3 is 5.97 Å². The van der Waals surface area contributed by atoms with Crippen LogP contribution in [0, 0.1) is 23.2 Å². The van der Waals surface area contributed by atoms with E-state index in [0.717, 1.165) is 12.8 Å². The molecule has 1 heterocycles. The van der Waals surface area contributed by atoms with Crippen LogP contribution in [0.15, 0.2) is 12.2 Å². The van der Waals surface area contributed by atoms with Gasteiger partial charge in [0, 0.05) is 5.92 Å². The third-order valence-electron chi connectivity index (χ3n) is 5.93. The van der Waals surface area contributed by atoms with Crippen LogP contribution in [0.1, 0.15) is 33.6 Å². The van der Waals surface area contributed by atoms with Crippen LogP contribution in [0.5, 0.6) is 0 Å². The molecule has 0 aromatic carbocycles. The SMILES string of the molecule is CC1C(=O)O[C@@H]2[C@H]1CC[C@H](C)[C@]1(O)C=CC(O)[C@@]21C. The molecule has 4 heteroatoms. The van der Waals surface area contributed by atoms with Gasteiger partial charge in [0.25, 0.3) is 0 Å². The monoisotopic (exact) mass is 266 g/mol. The molecule has 3 rings (SSSR count). The van der Waals surface area contributed by atoms with Crippen LogP contribution < -0.4 is 0 Å². The standard InChI is InChI=1S/C15H22O4/c1-8-4-5-10-9(2)13(17)19-12(10)14(3)11(16)6-7-15(8,14)18/h6-12,16,18H,4-5H2,1-3H3/t8-,9?,10-,11?,12+,14-,15+/m0/s1. The van der Waals surface area contributed by atoms with Gasteiger partial charge in [-0.3, -0.25) is 4.79 Å². The van der Waals surface area contributed by atoms with Gasteiger partial charge in [-0.15, -0.1) is 0 Å². The van der Waals surface area contributed by atoms with Crippen LogP contribution in [0.2, 0.25) is 0 Å². The van der Waals surface area contributed by atoms with E-state index in [1.807, 2.05) is 20.8 Å². The minimum atomic E-state index is -1.10. The van der Waals surface area contributed by atoms with Crippen molar-refractivity contribution < 1.29 is 19.7 Å². The zero-order valence-corrected chi connectivity index (χ0v) is 11.7. The first-order valence-electron chi connectivity index (χ1n) is 7.12. The van der Waals surface area contributed by atoms with E-state index >= 15 is 0 Å². The first-order chi connectivity index (χ1) is 8.82. The summed E-state index contributed by atoms with van der Waals surface area (Å²) >= 11 is 0. The topological polar surface area (TPSA) is 66.8 Å². The Bertz CT molecular complexity index is 445. The quantitative estimate of drug-likeness (QED) is 0.512. The van der Waals surface area contributed by atoms with Crippen molar-refractivity contribution in [3.8, 4) is 0 Å². The molecule has 7 atom stereocenters. The van der Waals surface area contributed by atoms with Gasteiger partial charge in [0.2, 0.25) is 0 Å². The van der Waals surface area contributed by atoms with Crippen LogP contribution in [0.25, 0.3) is 0 Å². The number of ether oxygens (including phenoxy) is 1. The number of aliphatic hydroxyl groups excluding tert-OH is 1. The highest BCUT2D eigenvalue weighted by molar-refractivity contribution is 5.75. The highest BCUT2D eigenvalue weighted by Gasteiger charge is 2.66. The van der Waals surface area contributed by atoms with E-state index in [-0.39, 0.29) is 23.7 Å². The van der Waals surface area contributed by atoms with Crippen molar-refractivity contribution >= 4 is 5.97 Å². The first kappa shape index (κ1) is 13.1. The minimum Gasteiger partial charge on any atom is -0.461 e. The molecule has 2 N–H and O–H groups in total. The Morgan fingerprint density at radius 1 is 1.37 bits per heavy atom. The Hall–Kier alpha value is -0.870. The second-order valence-corrected chi connectivity index (χ2v) is 6.70. The number of carbonyl (C=O) groups excluding carboxylic acids is 1. The maximum Gasteiger partial charge on any atom is 0.309 e. The molecule has 0 aromatic heterocycles. The number of carbonyl (C=O) groups is 1. The normalized spacial score (nSPS) is 56.5. The van der Waals surface area contributed by atoms with Gasteiger partial charge in [0.15, 0.2) is 0 Å². The molecule has 2 fully saturated rings. The third kappa shape index (κ3) is 1.39. The summed E-state index contributed by atoms with van der Waals surface area (Å²) in [4.78, 5) is 11.9. The van der Waals surface area contributed by atoms with Crippen molar-refractivity contribution in [1.82, 2.24) is 0 Å². The van der Waals surface area contributed by atoms with Crippen molar-refractivity contribution in [3.05, 3.63) is 12.2 Å². The molecule has 2 unspecified atom stereocenters. The molecule has 0 aromatic rings. The predicted octanol–water partition coefficient (Wildman–Crippen LogP) is 1.26. The van der Waals surface area contributed by atoms with Crippen LogP contribution in [0.3, 0.4) is 0 Å². The molecule has 1 aliphatic heterocycles. The van der Waals surface area contributed by atoms with Gasteiger partial charge in [0.1, 0.15) is 6.10 Å². The number of hydrogen-bond donors (Lipinski definition) is 2. The van der Waals surface area contributed by atoms with Crippen LogP contribution in [0.4, 0.5) is 0 Å². The summed E-state index contributed by atoms with van der Waals surface area (Å²) in [5, 5.41) is 21.4. The fraction of sp³-hybridized carbons (Fsp3) is 0.800. The Kier molecular flexibility index (Phi) is 2.64. The average molecular weight is 266 g/mol. The number of hydrogen-bond acceptors (Lipinski definition) is 4. The summed E-state index contributed by atoms with van der Waals surface area (Å²) in [7, 11) is 0. The summed E-state index contributed by atoms with van der Waals surface area (Å²) in [6.45, 7) is 5.75. The molecular weight excluding hydrogens is 244 g/mol. The van der Waals surface area contributed by atoms with E-state index in [9.17, 15) is 15.0 Å². The lowest BCUT2D eigenvalue weighted by atomic mass is 9.64. The molecule has 1 saturated heterocycles. The zero-order valence-electron chi connectivity index (χ0n) is 11.7. The van der Waals surface area contributed by atoms with E-state index in [1.165, 1.54) is 0 Å². The smallest absolute Gasteiger partial charge is 0.309 e. The van der Waals surface area contributed by atoms with Gasteiger partial charge in [0.05, 0.1) is 23.0 Å². The first-order valence-corrected chi connectivity index (χ1v) is 7.12. The van der Waals surface area contributed by atoms with Crippen LogP contribution in [-0.2, 0) is 9.53 Å². The van der Waals surface area contributed by atoms with E-state index in [0.29, 0.717) is 0 Å². The maximum atomic E-state index is 11.9. The van der Waals surface area contributed by atoms with Gasteiger partial charge < -0.3 is 14.9 Å². The predicted molar refractivity (Wildman–Crippen MR) is 69.1 cm³/mol. The summed E-state index contributed by atoms with van der Waals surface area (Å²) in [5.74, 6) is -0.220. The second-order valence-electron chi connectivity index (χ2n) is 6.70. The van der Waals surface area contributed by atoms with E-state index in [1.54, 1.807) is 12.2 Å². The molecule has 0 bridgehead atoms. The number of rotatable bonds is 0.